The summed E-state index contributed by atoms with van der Waals surface area (Å²) in [6.45, 7) is 1.41. The van der Waals surface area contributed by atoms with Crippen molar-refractivity contribution in [3.8, 4) is 0 Å². The van der Waals surface area contributed by atoms with Crippen LogP contribution in [0.15, 0.2) is 18.3 Å². The molecule has 0 amide bonds. The van der Waals surface area contributed by atoms with Crippen LogP contribution in [0.3, 0.4) is 0 Å². The lowest BCUT2D eigenvalue weighted by Crippen LogP contribution is -2.22. The first kappa shape index (κ1) is 12.0. The molecule has 1 aliphatic rings. The summed E-state index contributed by atoms with van der Waals surface area (Å²) in [6, 6.07) is 3.99. The van der Waals surface area contributed by atoms with Crippen molar-refractivity contribution in [3.63, 3.8) is 0 Å². The van der Waals surface area contributed by atoms with Gasteiger partial charge in [0.05, 0.1) is 12.3 Å². The fraction of sp³-hybridized carbons (Fsp3) is 0.583. The first-order chi connectivity index (χ1) is 7.90. The van der Waals surface area contributed by atoms with E-state index >= 15 is 0 Å². The third-order valence-electron chi connectivity index (χ3n) is 2.67. The normalized spacial score (nSPS) is 20.9. The van der Waals surface area contributed by atoms with Gasteiger partial charge in [-0.15, -0.1) is 0 Å². The third-order valence-corrected chi connectivity index (χ3v) is 3.20. The van der Waals surface area contributed by atoms with Crippen LogP contribution in [0.25, 0.3) is 0 Å². The number of halogens is 1. The van der Waals surface area contributed by atoms with Crippen LogP contribution in [0.2, 0.25) is 0 Å². The largest absolute Gasteiger partial charge is 0.353 e. The second-order valence-corrected chi connectivity index (χ2v) is 4.41. The summed E-state index contributed by atoms with van der Waals surface area (Å²) in [5.41, 5.74) is 2.17. The minimum Gasteiger partial charge on any atom is -0.353 e. The molecule has 1 aromatic heterocycles. The molecule has 0 spiro atoms. The Morgan fingerprint density at radius 1 is 1.50 bits per heavy atom. The van der Waals surface area contributed by atoms with E-state index in [2.05, 4.69) is 20.9 Å². The average molecular weight is 286 g/mol. The minimum absolute atomic E-state index is 0.0304. The van der Waals surface area contributed by atoms with Crippen LogP contribution >= 0.6 is 15.9 Å². The second kappa shape index (κ2) is 6.33. The summed E-state index contributed by atoms with van der Waals surface area (Å²) in [5.74, 6) is 0. The van der Waals surface area contributed by atoms with E-state index in [1.165, 1.54) is 6.42 Å². The van der Waals surface area contributed by atoms with Gasteiger partial charge in [0, 0.05) is 23.7 Å². The maximum Gasteiger partial charge on any atom is 0.158 e. The molecule has 4 heteroatoms. The van der Waals surface area contributed by atoms with E-state index in [0.717, 1.165) is 36.0 Å². The van der Waals surface area contributed by atoms with Crippen LogP contribution in [0, 0.1) is 0 Å². The second-order valence-electron chi connectivity index (χ2n) is 3.85. The van der Waals surface area contributed by atoms with Crippen molar-refractivity contribution in [1.29, 1.82) is 0 Å². The van der Waals surface area contributed by atoms with Crippen molar-refractivity contribution < 1.29 is 9.47 Å². The Morgan fingerprint density at radius 2 is 2.44 bits per heavy atom. The van der Waals surface area contributed by atoms with Crippen molar-refractivity contribution in [3.05, 3.63) is 29.6 Å². The number of alkyl halides is 1. The maximum atomic E-state index is 5.73. The first-order valence-corrected chi connectivity index (χ1v) is 6.74. The van der Waals surface area contributed by atoms with Gasteiger partial charge in [0.1, 0.15) is 0 Å². The molecular weight excluding hydrogens is 270 g/mol. The molecule has 0 saturated carbocycles. The average Bonchev–Trinajstić information content (AvgIpc) is 2.38. The molecular formula is C12H16BrNO2. The predicted molar refractivity (Wildman–Crippen MR) is 65.2 cm³/mol. The van der Waals surface area contributed by atoms with E-state index in [1.54, 1.807) is 6.20 Å². The lowest BCUT2D eigenvalue weighted by atomic mass is 10.2. The van der Waals surface area contributed by atoms with E-state index in [1.807, 2.05) is 12.1 Å². The smallest absolute Gasteiger partial charge is 0.158 e. The molecule has 1 atom stereocenters. The van der Waals surface area contributed by atoms with Crippen molar-refractivity contribution in [2.75, 3.05) is 6.61 Å². The van der Waals surface area contributed by atoms with Gasteiger partial charge >= 0.3 is 0 Å². The highest BCUT2D eigenvalue weighted by molar-refractivity contribution is 9.08. The predicted octanol–water partition coefficient (Wildman–Crippen LogP) is 3.02. The Kier molecular flexibility index (Phi) is 4.75. The van der Waals surface area contributed by atoms with Gasteiger partial charge in [-0.3, -0.25) is 4.98 Å². The van der Waals surface area contributed by atoms with Crippen LogP contribution in [0.1, 0.15) is 30.5 Å². The number of pyridine rings is 1. The summed E-state index contributed by atoms with van der Waals surface area (Å²) in [6.07, 6.45) is 5.13. The van der Waals surface area contributed by atoms with Gasteiger partial charge in [0.25, 0.3) is 0 Å². The Balaban J connectivity index is 1.88. The number of nitrogens with zero attached hydrogens (tertiary/aromatic N) is 1. The van der Waals surface area contributed by atoms with Crippen molar-refractivity contribution in [2.24, 2.45) is 0 Å². The number of hydrogen-bond acceptors (Lipinski definition) is 3. The van der Waals surface area contributed by atoms with Gasteiger partial charge in [0.15, 0.2) is 6.29 Å². The highest BCUT2D eigenvalue weighted by Crippen LogP contribution is 2.17. The molecule has 1 unspecified atom stereocenters. The van der Waals surface area contributed by atoms with Crippen LogP contribution < -0.4 is 0 Å². The van der Waals surface area contributed by atoms with Crippen molar-refractivity contribution in [2.45, 2.75) is 37.5 Å². The summed E-state index contributed by atoms with van der Waals surface area (Å²) < 4.78 is 11.2. The van der Waals surface area contributed by atoms with Gasteiger partial charge in [-0.05, 0) is 25.3 Å². The molecule has 1 aromatic rings. The van der Waals surface area contributed by atoms with Crippen molar-refractivity contribution in [1.82, 2.24) is 4.98 Å². The van der Waals surface area contributed by atoms with Gasteiger partial charge in [-0.1, -0.05) is 22.0 Å². The molecule has 0 radical (unpaired) electrons. The SMILES string of the molecule is BrCc1ncccc1COC1CCCCO1. The van der Waals surface area contributed by atoms with Gasteiger partial charge in [0.2, 0.25) is 0 Å². The highest BCUT2D eigenvalue weighted by atomic mass is 79.9. The molecule has 0 bridgehead atoms. The molecule has 88 valence electrons. The summed E-state index contributed by atoms with van der Waals surface area (Å²) in [5, 5.41) is 0.762. The minimum atomic E-state index is -0.0304. The number of aromatic nitrogens is 1. The Morgan fingerprint density at radius 3 is 3.19 bits per heavy atom. The number of ether oxygens (including phenoxy) is 2. The van der Waals surface area contributed by atoms with E-state index in [9.17, 15) is 0 Å². The molecule has 2 rings (SSSR count). The zero-order chi connectivity index (χ0) is 11.2. The maximum absolute atomic E-state index is 5.73. The third kappa shape index (κ3) is 3.27. The molecule has 0 aliphatic carbocycles. The molecule has 2 heterocycles. The van der Waals surface area contributed by atoms with Crippen molar-refractivity contribution >= 4 is 15.9 Å². The zero-order valence-electron chi connectivity index (χ0n) is 9.19. The standard InChI is InChI=1S/C12H16BrNO2/c13-8-11-10(4-3-6-14-11)9-16-12-5-1-2-7-15-12/h3-4,6,12H,1-2,5,7-9H2. The molecule has 1 fully saturated rings. The molecule has 3 nitrogen and oxygen atoms in total. The Labute approximate surface area is 104 Å². The van der Waals surface area contributed by atoms with Crippen LogP contribution in [-0.2, 0) is 21.4 Å². The monoisotopic (exact) mass is 285 g/mol. The van der Waals surface area contributed by atoms with Gasteiger partial charge in [-0.25, -0.2) is 0 Å². The number of hydrogen-bond donors (Lipinski definition) is 0. The quantitative estimate of drug-likeness (QED) is 0.797. The molecule has 16 heavy (non-hydrogen) atoms. The summed E-state index contributed by atoms with van der Waals surface area (Å²) >= 11 is 3.43. The van der Waals surface area contributed by atoms with E-state index in [0.29, 0.717) is 6.61 Å². The summed E-state index contributed by atoms with van der Waals surface area (Å²) in [4.78, 5) is 4.29. The van der Waals surface area contributed by atoms with E-state index < -0.39 is 0 Å². The molecule has 1 aliphatic heterocycles. The highest BCUT2D eigenvalue weighted by Gasteiger charge is 2.14. The van der Waals surface area contributed by atoms with Crippen LogP contribution in [0.5, 0.6) is 0 Å². The van der Waals surface area contributed by atoms with Crippen LogP contribution in [-0.4, -0.2) is 17.9 Å². The molecule has 0 aromatic carbocycles. The van der Waals surface area contributed by atoms with Crippen LogP contribution in [0.4, 0.5) is 0 Å². The zero-order valence-corrected chi connectivity index (χ0v) is 10.8. The lowest BCUT2D eigenvalue weighted by molar-refractivity contribution is -0.169. The number of rotatable bonds is 4. The molecule has 1 saturated heterocycles. The summed E-state index contributed by atoms with van der Waals surface area (Å²) in [7, 11) is 0. The molecule has 0 N–H and O–H groups in total. The first-order valence-electron chi connectivity index (χ1n) is 5.62. The lowest BCUT2D eigenvalue weighted by Gasteiger charge is -2.22. The van der Waals surface area contributed by atoms with Gasteiger partial charge < -0.3 is 9.47 Å². The fourth-order valence-electron chi connectivity index (χ4n) is 1.75. The van der Waals surface area contributed by atoms with E-state index in [4.69, 9.17) is 9.47 Å². The Bertz CT molecular complexity index is 327. The fourth-order valence-corrected chi connectivity index (χ4v) is 2.25. The van der Waals surface area contributed by atoms with E-state index in [-0.39, 0.29) is 6.29 Å². The Hall–Kier alpha value is -0.450. The topological polar surface area (TPSA) is 31.4 Å². The van der Waals surface area contributed by atoms with Gasteiger partial charge in [-0.2, -0.15) is 0 Å².